The number of benzene rings is 1. The maximum atomic E-state index is 12.1. The van der Waals surface area contributed by atoms with Crippen molar-refractivity contribution in [2.24, 2.45) is 0 Å². The summed E-state index contributed by atoms with van der Waals surface area (Å²) < 4.78 is 1.97. The van der Waals surface area contributed by atoms with E-state index < -0.39 is 0 Å². The van der Waals surface area contributed by atoms with Gasteiger partial charge < -0.3 is 4.98 Å². The summed E-state index contributed by atoms with van der Waals surface area (Å²) in [5.41, 5.74) is 3.28. The number of aromatic nitrogens is 2. The van der Waals surface area contributed by atoms with Crippen molar-refractivity contribution in [3.05, 3.63) is 34.2 Å². The number of aryl methyl sites for hydroxylation is 1. The van der Waals surface area contributed by atoms with E-state index in [1.54, 1.807) is 0 Å². The summed E-state index contributed by atoms with van der Waals surface area (Å²) in [5, 5.41) is 0. The van der Waals surface area contributed by atoms with Gasteiger partial charge in [-0.2, -0.15) is 0 Å². The van der Waals surface area contributed by atoms with Crippen molar-refractivity contribution in [2.45, 2.75) is 45.1 Å². The normalized spacial score (nSPS) is 17.7. The maximum Gasteiger partial charge on any atom is 0.326 e. The number of rotatable bonds is 1. The quantitative estimate of drug-likeness (QED) is 0.803. The molecule has 1 N–H and O–H groups in total. The Morgan fingerprint density at radius 3 is 2.76 bits per heavy atom. The van der Waals surface area contributed by atoms with Gasteiger partial charge in [-0.05, 0) is 31.4 Å². The van der Waals surface area contributed by atoms with Gasteiger partial charge in [0.15, 0.2) is 0 Å². The highest BCUT2D eigenvalue weighted by Gasteiger charge is 2.19. The van der Waals surface area contributed by atoms with Gasteiger partial charge >= 0.3 is 5.69 Å². The summed E-state index contributed by atoms with van der Waals surface area (Å²) in [5.74, 6) is 0. The number of aromatic amines is 1. The first-order chi connectivity index (χ1) is 8.27. The Labute approximate surface area is 100 Å². The van der Waals surface area contributed by atoms with E-state index in [0.717, 1.165) is 29.4 Å². The van der Waals surface area contributed by atoms with Gasteiger partial charge in [0.1, 0.15) is 0 Å². The van der Waals surface area contributed by atoms with Gasteiger partial charge in [0.05, 0.1) is 11.0 Å². The lowest BCUT2D eigenvalue weighted by atomic mass is 9.95. The molecule has 1 aliphatic carbocycles. The van der Waals surface area contributed by atoms with Crippen LogP contribution in [0.3, 0.4) is 0 Å². The van der Waals surface area contributed by atoms with Crippen molar-refractivity contribution >= 4 is 11.0 Å². The third-order valence-electron chi connectivity index (χ3n) is 3.90. The largest absolute Gasteiger partial charge is 0.326 e. The first kappa shape index (κ1) is 10.6. The second kappa shape index (κ2) is 4.06. The van der Waals surface area contributed by atoms with E-state index in [0.29, 0.717) is 6.04 Å². The Kier molecular flexibility index (Phi) is 2.54. The van der Waals surface area contributed by atoms with Gasteiger partial charge in [-0.15, -0.1) is 0 Å². The van der Waals surface area contributed by atoms with Gasteiger partial charge in [-0.1, -0.05) is 31.4 Å². The minimum Gasteiger partial charge on any atom is -0.305 e. The number of nitrogens with zero attached hydrogens (tertiary/aromatic N) is 1. The molecule has 1 aromatic heterocycles. The number of nitrogens with one attached hydrogen (secondary N) is 1. The lowest BCUT2D eigenvalue weighted by Crippen LogP contribution is -2.23. The second-order valence-corrected chi connectivity index (χ2v) is 5.06. The predicted octanol–water partition coefficient (Wildman–Crippen LogP) is 3.14. The molecule has 0 saturated heterocycles. The number of hydrogen-bond acceptors (Lipinski definition) is 1. The van der Waals surface area contributed by atoms with Crippen LogP contribution in [0.1, 0.15) is 43.7 Å². The van der Waals surface area contributed by atoms with E-state index in [4.69, 9.17) is 0 Å². The average Bonchev–Trinajstić information content (AvgIpc) is 2.68. The molecule has 90 valence electrons. The van der Waals surface area contributed by atoms with E-state index in [1.807, 2.05) is 23.6 Å². The lowest BCUT2D eigenvalue weighted by Gasteiger charge is -2.22. The van der Waals surface area contributed by atoms with Crippen molar-refractivity contribution in [1.29, 1.82) is 0 Å². The average molecular weight is 230 g/mol. The molecule has 1 aromatic carbocycles. The van der Waals surface area contributed by atoms with Crippen LogP contribution in [0.25, 0.3) is 11.0 Å². The van der Waals surface area contributed by atoms with Crippen LogP contribution in [0.15, 0.2) is 23.0 Å². The summed E-state index contributed by atoms with van der Waals surface area (Å²) in [4.78, 5) is 15.1. The molecular weight excluding hydrogens is 212 g/mol. The third kappa shape index (κ3) is 1.70. The van der Waals surface area contributed by atoms with Crippen molar-refractivity contribution < 1.29 is 0 Å². The highest BCUT2D eigenvalue weighted by atomic mass is 16.1. The molecule has 2 aromatic rings. The van der Waals surface area contributed by atoms with E-state index in [2.05, 4.69) is 11.1 Å². The highest BCUT2D eigenvalue weighted by Crippen LogP contribution is 2.29. The van der Waals surface area contributed by atoms with Gasteiger partial charge in [0, 0.05) is 6.04 Å². The second-order valence-electron chi connectivity index (χ2n) is 5.06. The zero-order valence-electron chi connectivity index (χ0n) is 10.2. The minimum atomic E-state index is 0.0567. The molecule has 0 spiro atoms. The molecule has 3 rings (SSSR count). The maximum absolute atomic E-state index is 12.1. The van der Waals surface area contributed by atoms with Gasteiger partial charge in [0.25, 0.3) is 0 Å². The lowest BCUT2D eigenvalue weighted by molar-refractivity contribution is 0.353. The van der Waals surface area contributed by atoms with Crippen molar-refractivity contribution in [1.82, 2.24) is 9.55 Å². The number of fused-ring (bicyclic) bond motifs is 1. The standard InChI is InChI=1S/C14H18N2O/c1-10-6-5-9-12-13(10)15-14(17)16(12)11-7-3-2-4-8-11/h5-6,9,11H,2-4,7-8H2,1H3,(H,15,17). The summed E-state index contributed by atoms with van der Waals surface area (Å²) in [7, 11) is 0. The molecule has 1 fully saturated rings. The minimum absolute atomic E-state index is 0.0567. The molecular formula is C14H18N2O. The van der Waals surface area contributed by atoms with Crippen molar-refractivity contribution in [2.75, 3.05) is 0 Å². The smallest absolute Gasteiger partial charge is 0.305 e. The molecule has 3 heteroatoms. The van der Waals surface area contributed by atoms with Crippen LogP contribution in [0.2, 0.25) is 0 Å². The Balaban J connectivity index is 2.18. The SMILES string of the molecule is Cc1cccc2c1[nH]c(=O)n2C1CCCCC1. The summed E-state index contributed by atoms with van der Waals surface area (Å²) in [6.07, 6.45) is 6.08. The third-order valence-corrected chi connectivity index (χ3v) is 3.90. The van der Waals surface area contributed by atoms with Crippen LogP contribution in [-0.4, -0.2) is 9.55 Å². The molecule has 0 unspecified atom stereocenters. The van der Waals surface area contributed by atoms with Gasteiger partial charge in [-0.25, -0.2) is 4.79 Å². The van der Waals surface area contributed by atoms with Crippen LogP contribution < -0.4 is 5.69 Å². The zero-order valence-corrected chi connectivity index (χ0v) is 10.2. The molecule has 0 aliphatic heterocycles. The fourth-order valence-electron chi connectivity index (χ4n) is 2.99. The van der Waals surface area contributed by atoms with Crippen LogP contribution in [0.5, 0.6) is 0 Å². The molecule has 1 heterocycles. The topological polar surface area (TPSA) is 37.8 Å². The molecule has 0 bridgehead atoms. The summed E-state index contributed by atoms with van der Waals surface area (Å²) in [6, 6.07) is 6.52. The van der Waals surface area contributed by atoms with Crippen LogP contribution in [0, 0.1) is 6.92 Å². The Morgan fingerprint density at radius 2 is 2.00 bits per heavy atom. The molecule has 0 amide bonds. The van der Waals surface area contributed by atoms with E-state index >= 15 is 0 Å². The Morgan fingerprint density at radius 1 is 1.24 bits per heavy atom. The zero-order chi connectivity index (χ0) is 11.8. The first-order valence-corrected chi connectivity index (χ1v) is 6.47. The fourth-order valence-corrected chi connectivity index (χ4v) is 2.99. The van der Waals surface area contributed by atoms with Crippen LogP contribution in [-0.2, 0) is 0 Å². The highest BCUT2D eigenvalue weighted by molar-refractivity contribution is 5.78. The molecule has 17 heavy (non-hydrogen) atoms. The first-order valence-electron chi connectivity index (χ1n) is 6.47. The number of imidazole rings is 1. The summed E-state index contributed by atoms with van der Waals surface area (Å²) >= 11 is 0. The predicted molar refractivity (Wildman–Crippen MR) is 69.4 cm³/mol. The molecule has 1 aliphatic rings. The van der Waals surface area contributed by atoms with Crippen LogP contribution in [0.4, 0.5) is 0 Å². The number of para-hydroxylation sites is 1. The molecule has 3 nitrogen and oxygen atoms in total. The Hall–Kier alpha value is -1.51. The Bertz CT molecular complexity index is 588. The van der Waals surface area contributed by atoms with Gasteiger partial charge in [-0.3, -0.25) is 4.57 Å². The van der Waals surface area contributed by atoms with Crippen molar-refractivity contribution in [3.8, 4) is 0 Å². The van der Waals surface area contributed by atoms with Gasteiger partial charge in [0.2, 0.25) is 0 Å². The fraction of sp³-hybridized carbons (Fsp3) is 0.500. The summed E-state index contributed by atoms with van der Waals surface area (Å²) in [6.45, 7) is 2.05. The van der Waals surface area contributed by atoms with Crippen molar-refractivity contribution in [3.63, 3.8) is 0 Å². The van der Waals surface area contributed by atoms with Crippen LogP contribution >= 0.6 is 0 Å². The molecule has 0 atom stereocenters. The molecule has 0 radical (unpaired) electrons. The van der Waals surface area contributed by atoms with E-state index in [9.17, 15) is 4.79 Å². The number of hydrogen-bond donors (Lipinski definition) is 1. The monoisotopic (exact) mass is 230 g/mol. The molecule has 1 saturated carbocycles. The number of H-pyrrole nitrogens is 1. The van der Waals surface area contributed by atoms with E-state index in [1.165, 1.54) is 19.3 Å². The van der Waals surface area contributed by atoms with E-state index in [-0.39, 0.29) is 5.69 Å².